The van der Waals surface area contributed by atoms with Gasteiger partial charge in [0.25, 0.3) is 0 Å². The van der Waals surface area contributed by atoms with Crippen LogP contribution in [0, 0.1) is 0 Å². The molecule has 0 atom stereocenters. The van der Waals surface area contributed by atoms with Crippen LogP contribution in [0.1, 0.15) is 22.3 Å². The molecule has 0 fully saturated rings. The number of fused-ring (bicyclic) bond motifs is 3. The normalized spacial score (nSPS) is 12.3. The molecule has 0 N–H and O–H groups in total. The number of nitrogens with zero attached hydrogens (tertiary/aromatic N) is 3. The maximum Gasteiger partial charge on any atom is 0.160 e. The largest absolute Gasteiger partial charge is 0.256 e. The van der Waals surface area contributed by atoms with Gasteiger partial charge in [-0.1, -0.05) is 212 Å². The van der Waals surface area contributed by atoms with Gasteiger partial charge in [0.05, 0.1) is 22.5 Å². The highest BCUT2D eigenvalue weighted by Gasteiger charge is 2.46. The number of hydrogen-bond acceptors (Lipinski definition) is 3. The Labute approximate surface area is 391 Å². The lowest BCUT2D eigenvalue weighted by Crippen LogP contribution is -2.28. The average molecular weight is 854 g/mol. The predicted octanol–water partition coefficient (Wildman–Crippen LogP) is 15.9. The monoisotopic (exact) mass is 853 g/mol. The van der Waals surface area contributed by atoms with E-state index in [0.29, 0.717) is 5.82 Å². The van der Waals surface area contributed by atoms with E-state index in [4.69, 9.17) is 9.97 Å². The van der Waals surface area contributed by atoms with Gasteiger partial charge < -0.3 is 0 Å². The molecule has 0 saturated heterocycles. The van der Waals surface area contributed by atoms with Crippen LogP contribution < -0.4 is 0 Å². The van der Waals surface area contributed by atoms with E-state index in [9.17, 15) is 0 Å². The van der Waals surface area contributed by atoms with Gasteiger partial charge in [0.2, 0.25) is 0 Å². The Hall–Kier alpha value is -8.79. The molecule has 11 aromatic rings. The van der Waals surface area contributed by atoms with E-state index < -0.39 is 5.41 Å². The van der Waals surface area contributed by atoms with Crippen molar-refractivity contribution in [2.24, 2.45) is 0 Å². The van der Waals surface area contributed by atoms with Crippen LogP contribution in [0.5, 0.6) is 0 Å². The lowest BCUT2D eigenvalue weighted by Gasteiger charge is -2.34. The standard InChI is InChI=1S/C64H43N3/c1-4-17-46(18-5-1)63-66-61(45-34-32-44(33-35-45)60-31-12-13-38-65-60)43-62(67-63)53-24-16-23-51(41-53)49-21-14-19-47(39-49)48-20-15-22-50(40-48)52-36-37-57-56-29-10-11-30-58(56)64(59(57)42-52,54-25-6-2-7-26-54)55-27-8-3-9-28-55/h1-43H. The molecule has 0 radical (unpaired) electrons. The van der Waals surface area contributed by atoms with Gasteiger partial charge >= 0.3 is 0 Å². The molecule has 67 heavy (non-hydrogen) atoms. The first-order chi connectivity index (χ1) is 33.2. The highest BCUT2D eigenvalue weighted by molar-refractivity contribution is 5.89. The maximum absolute atomic E-state index is 5.16. The first-order valence-corrected chi connectivity index (χ1v) is 22.8. The molecule has 12 rings (SSSR count). The van der Waals surface area contributed by atoms with Crippen molar-refractivity contribution < 1.29 is 0 Å². The summed E-state index contributed by atoms with van der Waals surface area (Å²) in [7, 11) is 0. The molecule has 2 aromatic heterocycles. The second kappa shape index (κ2) is 17.0. The van der Waals surface area contributed by atoms with Gasteiger partial charge in [-0.2, -0.15) is 0 Å². The first-order valence-electron chi connectivity index (χ1n) is 22.8. The Morgan fingerprint density at radius 3 is 1.27 bits per heavy atom. The first kappa shape index (κ1) is 39.8. The molecule has 0 spiro atoms. The summed E-state index contributed by atoms with van der Waals surface area (Å²) in [6.07, 6.45) is 1.82. The Kier molecular flexibility index (Phi) is 10.1. The van der Waals surface area contributed by atoms with Gasteiger partial charge in [-0.3, -0.25) is 4.98 Å². The quantitative estimate of drug-likeness (QED) is 0.145. The topological polar surface area (TPSA) is 38.7 Å². The molecule has 314 valence electrons. The molecule has 1 aliphatic carbocycles. The fourth-order valence-electron chi connectivity index (χ4n) is 10.0. The third-order valence-electron chi connectivity index (χ3n) is 13.2. The zero-order valence-corrected chi connectivity index (χ0v) is 36.7. The summed E-state index contributed by atoms with van der Waals surface area (Å²) in [5.41, 5.74) is 21.0. The van der Waals surface area contributed by atoms with Crippen molar-refractivity contribution in [3.05, 3.63) is 283 Å². The molecule has 0 saturated carbocycles. The lowest BCUT2D eigenvalue weighted by molar-refractivity contribution is 0.769. The van der Waals surface area contributed by atoms with E-state index in [1.54, 1.807) is 0 Å². The van der Waals surface area contributed by atoms with Gasteiger partial charge in [-0.05, 0) is 109 Å². The highest BCUT2D eigenvalue weighted by atomic mass is 14.9. The predicted molar refractivity (Wildman–Crippen MR) is 275 cm³/mol. The zero-order valence-electron chi connectivity index (χ0n) is 36.7. The number of hydrogen-bond donors (Lipinski definition) is 0. The van der Waals surface area contributed by atoms with Crippen molar-refractivity contribution in [3.63, 3.8) is 0 Å². The van der Waals surface area contributed by atoms with Gasteiger partial charge in [0.1, 0.15) is 0 Å². The maximum atomic E-state index is 5.16. The highest BCUT2D eigenvalue weighted by Crippen LogP contribution is 2.56. The van der Waals surface area contributed by atoms with E-state index >= 15 is 0 Å². The molecular formula is C64H43N3. The van der Waals surface area contributed by atoms with Crippen LogP contribution in [0.15, 0.2) is 261 Å². The van der Waals surface area contributed by atoms with Crippen LogP contribution in [0.2, 0.25) is 0 Å². The van der Waals surface area contributed by atoms with Gasteiger partial charge in [0, 0.05) is 28.5 Å². The molecule has 3 nitrogen and oxygen atoms in total. The minimum absolute atomic E-state index is 0.451. The zero-order chi connectivity index (χ0) is 44.6. The number of benzene rings is 9. The van der Waals surface area contributed by atoms with Crippen LogP contribution in [0.25, 0.3) is 89.7 Å². The summed E-state index contributed by atoms with van der Waals surface area (Å²) in [5, 5.41) is 0. The second-order valence-corrected chi connectivity index (χ2v) is 17.2. The second-order valence-electron chi connectivity index (χ2n) is 17.2. The van der Waals surface area contributed by atoms with Gasteiger partial charge in [-0.15, -0.1) is 0 Å². The Morgan fingerprint density at radius 1 is 0.254 bits per heavy atom. The van der Waals surface area contributed by atoms with E-state index in [0.717, 1.165) is 56.0 Å². The minimum Gasteiger partial charge on any atom is -0.256 e. The molecule has 0 aliphatic heterocycles. The van der Waals surface area contributed by atoms with Crippen molar-refractivity contribution in [3.8, 4) is 89.7 Å². The molecule has 3 heteroatoms. The van der Waals surface area contributed by atoms with Crippen molar-refractivity contribution in [2.75, 3.05) is 0 Å². The Morgan fingerprint density at radius 2 is 0.687 bits per heavy atom. The van der Waals surface area contributed by atoms with Gasteiger partial charge in [-0.25, -0.2) is 9.97 Å². The minimum atomic E-state index is -0.451. The summed E-state index contributed by atoms with van der Waals surface area (Å²) in [5.74, 6) is 0.688. The van der Waals surface area contributed by atoms with Crippen LogP contribution >= 0.6 is 0 Å². The third-order valence-corrected chi connectivity index (χ3v) is 13.2. The summed E-state index contributed by atoms with van der Waals surface area (Å²) < 4.78 is 0. The summed E-state index contributed by atoms with van der Waals surface area (Å²) in [6, 6.07) is 91.3. The molecular weight excluding hydrogens is 811 g/mol. The van der Waals surface area contributed by atoms with Crippen molar-refractivity contribution in [1.82, 2.24) is 15.0 Å². The Bertz CT molecular complexity index is 3510. The molecule has 2 heterocycles. The number of pyridine rings is 1. The fourth-order valence-corrected chi connectivity index (χ4v) is 10.0. The average Bonchev–Trinajstić information content (AvgIpc) is 3.72. The van der Waals surface area contributed by atoms with Gasteiger partial charge in [0.15, 0.2) is 5.82 Å². The van der Waals surface area contributed by atoms with Crippen molar-refractivity contribution in [1.29, 1.82) is 0 Å². The summed E-state index contributed by atoms with van der Waals surface area (Å²) in [4.78, 5) is 14.8. The molecule has 0 amide bonds. The number of aromatic nitrogens is 3. The fraction of sp³-hybridized carbons (Fsp3) is 0.0156. The smallest absolute Gasteiger partial charge is 0.160 e. The van der Waals surface area contributed by atoms with Crippen LogP contribution in [-0.4, -0.2) is 15.0 Å². The molecule has 1 aliphatic rings. The lowest BCUT2D eigenvalue weighted by atomic mass is 9.67. The van der Waals surface area contributed by atoms with E-state index in [1.807, 2.05) is 42.6 Å². The third kappa shape index (κ3) is 7.24. The van der Waals surface area contributed by atoms with E-state index in [-0.39, 0.29) is 0 Å². The summed E-state index contributed by atoms with van der Waals surface area (Å²) in [6.45, 7) is 0. The van der Waals surface area contributed by atoms with Crippen LogP contribution in [-0.2, 0) is 5.41 Å². The molecule has 0 unspecified atom stereocenters. The number of rotatable bonds is 9. The molecule has 9 aromatic carbocycles. The molecule has 0 bridgehead atoms. The van der Waals surface area contributed by atoms with Crippen molar-refractivity contribution in [2.45, 2.75) is 5.41 Å². The van der Waals surface area contributed by atoms with Crippen LogP contribution in [0.4, 0.5) is 0 Å². The van der Waals surface area contributed by atoms with Crippen molar-refractivity contribution >= 4 is 0 Å². The van der Waals surface area contributed by atoms with E-state index in [2.05, 4.69) is 223 Å². The summed E-state index contributed by atoms with van der Waals surface area (Å²) >= 11 is 0. The van der Waals surface area contributed by atoms with E-state index in [1.165, 1.54) is 50.1 Å². The Balaban J connectivity index is 0.899. The van der Waals surface area contributed by atoms with Crippen LogP contribution in [0.3, 0.4) is 0 Å². The SMILES string of the molecule is c1ccc(-c2nc(-c3ccc(-c4ccccn4)cc3)cc(-c3cccc(-c4cccc(-c5cccc(-c6ccc7c(c6)C(c6ccccc6)(c6ccccc6)c6ccccc6-7)c5)c4)c3)n2)cc1.